The minimum absolute atomic E-state index is 0.316. The predicted molar refractivity (Wildman–Crippen MR) is 66.0 cm³/mol. The summed E-state index contributed by atoms with van der Waals surface area (Å²) in [5.41, 5.74) is 1.03. The van der Waals surface area contributed by atoms with Gasteiger partial charge >= 0.3 is 0 Å². The monoisotopic (exact) mass is 257 g/mol. The molecule has 0 amide bonds. The Balaban J connectivity index is 2.05. The Morgan fingerprint density at radius 2 is 2.12 bits per heavy atom. The molecule has 2 nitrogen and oxygen atoms in total. The summed E-state index contributed by atoms with van der Waals surface area (Å²) in [6, 6.07) is 5.49. The molecule has 0 bridgehead atoms. The second kappa shape index (κ2) is 5.17. The number of hydrogen-bond acceptors (Lipinski definition) is 2. The van der Waals surface area contributed by atoms with Crippen LogP contribution in [0.25, 0.3) is 0 Å². The Hall–Kier alpha value is -0.570. The SMILES string of the molecule is O=C1CCCN(Cc2ccc(Cl)cc2Cl)C1. The van der Waals surface area contributed by atoms with Crippen molar-refractivity contribution in [3.05, 3.63) is 33.8 Å². The van der Waals surface area contributed by atoms with Crippen molar-refractivity contribution in [3.63, 3.8) is 0 Å². The lowest BCUT2D eigenvalue weighted by molar-refractivity contribution is -0.122. The lowest BCUT2D eigenvalue weighted by Crippen LogP contribution is -2.35. The number of hydrogen-bond donors (Lipinski definition) is 0. The second-order valence-electron chi connectivity index (χ2n) is 4.09. The van der Waals surface area contributed by atoms with E-state index in [1.54, 1.807) is 6.07 Å². The van der Waals surface area contributed by atoms with Crippen LogP contribution in [-0.4, -0.2) is 23.8 Å². The number of carbonyl (C=O) groups is 1. The van der Waals surface area contributed by atoms with Crippen LogP contribution < -0.4 is 0 Å². The van der Waals surface area contributed by atoms with Crippen molar-refractivity contribution >= 4 is 29.0 Å². The Labute approximate surface area is 105 Å². The maximum absolute atomic E-state index is 11.3. The molecule has 1 fully saturated rings. The minimum atomic E-state index is 0.316. The highest BCUT2D eigenvalue weighted by Crippen LogP contribution is 2.23. The Kier molecular flexibility index (Phi) is 3.85. The molecule has 1 aliphatic rings. The first-order chi connectivity index (χ1) is 7.65. The van der Waals surface area contributed by atoms with Gasteiger partial charge in [-0.3, -0.25) is 9.69 Å². The van der Waals surface area contributed by atoms with Crippen molar-refractivity contribution in [2.24, 2.45) is 0 Å². The summed E-state index contributed by atoms with van der Waals surface area (Å²) in [5, 5.41) is 1.31. The summed E-state index contributed by atoms with van der Waals surface area (Å²) in [4.78, 5) is 13.4. The molecule has 0 atom stereocenters. The zero-order chi connectivity index (χ0) is 11.5. The quantitative estimate of drug-likeness (QED) is 0.812. The van der Waals surface area contributed by atoms with Crippen molar-refractivity contribution in [3.8, 4) is 0 Å². The molecular weight excluding hydrogens is 245 g/mol. The number of likely N-dealkylation sites (tertiary alicyclic amines) is 1. The van der Waals surface area contributed by atoms with E-state index in [1.165, 1.54) is 0 Å². The molecule has 16 heavy (non-hydrogen) atoms. The topological polar surface area (TPSA) is 20.3 Å². The maximum Gasteiger partial charge on any atom is 0.146 e. The average molecular weight is 258 g/mol. The van der Waals surface area contributed by atoms with Crippen molar-refractivity contribution in [1.82, 2.24) is 4.90 Å². The van der Waals surface area contributed by atoms with Gasteiger partial charge in [-0.2, -0.15) is 0 Å². The van der Waals surface area contributed by atoms with Crippen molar-refractivity contribution in [1.29, 1.82) is 0 Å². The molecule has 1 aromatic carbocycles. The summed E-state index contributed by atoms with van der Waals surface area (Å²) < 4.78 is 0. The molecule has 1 aliphatic heterocycles. The number of benzene rings is 1. The van der Waals surface area contributed by atoms with Gasteiger partial charge in [-0.05, 0) is 30.7 Å². The lowest BCUT2D eigenvalue weighted by Gasteiger charge is -2.25. The van der Waals surface area contributed by atoms with Gasteiger partial charge in [-0.1, -0.05) is 29.3 Å². The van der Waals surface area contributed by atoms with Crippen LogP contribution in [0.4, 0.5) is 0 Å². The molecule has 0 saturated carbocycles. The van der Waals surface area contributed by atoms with E-state index < -0.39 is 0 Å². The Morgan fingerprint density at radius 1 is 1.31 bits per heavy atom. The number of nitrogens with zero attached hydrogens (tertiary/aromatic N) is 1. The molecule has 1 heterocycles. The van der Waals surface area contributed by atoms with Crippen LogP contribution in [0.3, 0.4) is 0 Å². The van der Waals surface area contributed by atoms with Crippen LogP contribution >= 0.6 is 23.2 Å². The summed E-state index contributed by atoms with van der Waals surface area (Å²) in [5.74, 6) is 0.316. The van der Waals surface area contributed by atoms with Crippen molar-refractivity contribution in [2.75, 3.05) is 13.1 Å². The van der Waals surface area contributed by atoms with Gasteiger partial charge in [0.25, 0.3) is 0 Å². The first-order valence-corrected chi connectivity index (χ1v) is 6.09. The molecule has 1 saturated heterocycles. The fourth-order valence-corrected chi connectivity index (χ4v) is 2.40. The fraction of sp³-hybridized carbons (Fsp3) is 0.417. The van der Waals surface area contributed by atoms with E-state index in [-0.39, 0.29) is 0 Å². The van der Waals surface area contributed by atoms with Gasteiger partial charge in [0, 0.05) is 23.0 Å². The van der Waals surface area contributed by atoms with Crippen LogP contribution in [0.2, 0.25) is 10.0 Å². The Bertz CT molecular complexity index is 406. The summed E-state index contributed by atoms with van der Waals surface area (Å²) in [6.07, 6.45) is 1.66. The number of ketones is 1. The van der Waals surface area contributed by atoms with Gasteiger partial charge in [0.1, 0.15) is 5.78 Å². The molecule has 86 valence electrons. The first kappa shape index (κ1) is 11.9. The van der Waals surface area contributed by atoms with E-state index in [0.29, 0.717) is 28.8 Å². The molecule has 4 heteroatoms. The van der Waals surface area contributed by atoms with E-state index in [4.69, 9.17) is 23.2 Å². The number of halogens is 2. The van der Waals surface area contributed by atoms with Crippen LogP contribution in [0.15, 0.2) is 18.2 Å². The Morgan fingerprint density at radius 3 is 2.81 bits per heavy atom. The van der Waals surface area contributed by atoms with E-state index >= 15 is 0 Å². The highest BCUT2D eigenvalue weighted by atomic mass is 35.5. The predicted octanol–water partition coefficient (Wildman–Crippen LogP) is 3.16. The lowest BCUT2D eigenvalue weighted by atomic mass is 10.1. The average Bonchev–Trinajstić information content (AvgIpc) is 2.22. The third kappa shape index (κ3) is 2.97. The molecule has 2 rings (SSSR count). The summed E-state index contributed by atoms with van der Waals surface area (Å²) in [6.45, 7) is 2.23. The number of Topliss-reactive ketones (excluding diaryl/α,β-unsaturated/α-hetero) is 1. The molecule has 0 N–H and O–H groups in total. The highest BCUT2D eigenvalue weighted by Gasteiger charge is 2.17. The molecular formula is C12H13Cl2NO. The van der Waals surface area contributed by atoms with Crippen LogP contribution in [0, 0.1) is 0 Å². The van der Waals surface area contributed by atoms with E-state index in [9.17, 15) is 4.79 Å². The van der Waals surface area contributed by atoms with Gasteiger partial charge < -0.3 is 0 Å². The first-order valence-electron chi connectivity index (χ1n) is 5.33. The molecule has 0 aromatic heterocycles. The number of rotatable bonds is 2. The minimum Gasteiger partial charge on any atom is -0.298 e. The molecule has 1 aromatic rings. The van der Waals surface area contributed by atoms with Crippen LogP contribution in [0.1, 0.15) is 18.4 Å². The molecule has 0 spiro atoms. The summed E-state index contributed by atoms with van der Waals surface area (Å²) >= 11 is 11.9. The third-order valence-corrected chi connectivity index (χ3v) is 3.33. The van der Waals surface area contributed by atoms with Gasteiger partial charge in [0.05, 0.1) is 6.54 Å². The standard InChI is InChI=1S/C12H13Cl2NO/c13-10-4-3-9(12(14)6-10)7-15-5-1-2-11(16)8-15/h3-4,6H,1-2,5,7-8H2. The van der Waals surface area contributed by atoms with E-state index in [1.807, 2.05) is 12.1 Å². The zero-order valence-electron chi connectivity index (χ0n) is 8.88. The van der Waals surface area contributed by atoms with Gasteiger partial charge in [-0.15, -0.1) is 0 Å². The number of piperidine rings is 1. The largest absolute Gasteiger partial charge is 0.298 e. The number of carbonyl (C=O) groups excluding carboxylic acids is 1. The normalized spacial score (nSPS) is 17.8. The van der Waals surface area contributed by atoms with Gasteiger partial charge in [0.15, 0.2) is 0 Å². The smallest absolute Gasteiger partial charge is 0.146 e. The van der Waals surface area contributed by atoms with Gasteiger partial charge in [0.2, 0.25) is 0 Å². The van der Waals surface area contributed by atoms with Crippen LogP contribution in [-0.2, 0) is 11.3 Å². The van der Waals surface area contributed by atoms with Crippen LogP contribution in [0.5, 0.6) is 0 Å². The maximum atomic E-state index is 11.3. The van der Waals surface area contributed by atoms with Gasteiger partial charge in [-0.25, -0.2) is 0 Å². The molecule has 0 radical (unpaired) electrons. The highest BCUT2D eigenvalue weighted by molar-refractivity contribution is 6.35. The van der Waals surface area contributed by atoms with E-state index in [0.717, 1.165) is 25.1 Å². The van der Waals surface area contributed by atoms with Crippen molar-refractivity contribution < 1.29 is 4.79 Å². The second-order valence-corrected chi connectivity index (χ2v) is 4.93. The van der Waals surface area contributed by atoms with E-state index in [2.05, 4.69) is 4.90 Å². The fourth-order valence-electron chi connectivity index (χ4n) is 1.93. The molecule has 0 aliphatic carbocycles. The summed E-state index contributed by atoms with van der Waals surface area (Å²) in [7, 11) is 0. The molecule has 0 unspecified atom stereocenters. The zero-order valence-corrected chi connectivity index (χ0v) is 10.4. The van der Waals surface area contributed by atoms with Crippen molar-refractivity contribution in [2.45, 2.75) is 19.4 Å². The third-order valence-electron chi connectivity index (χ3n) is 2.74.